The van der Waals surface area contributed by atoms with E-state index in [1.165, 1.54) is 0 Å². The van der Waals surface area contributed by atoms with Crippen LogP contribution in [-0.2, 0) is 9.59 Å². The van der Waals surface area contributed by atoms with E-state index in [4.69, 9.17) is 11.6 Å². The summed E-state index contributed by atoms with van der Waals surface area (Å²) in [5.74, 6) is 0.217. The lowest BCUT2D eigenvalue weighted by Gasteiger charge is -2.27. The van der Waals surface area contributed by atoms with Gasteiger partial charge in [0.1, 0.15) is 0 Å². The maximum Gasteiger partial charge on any atom is 0.227 e. The van der Waals surface area contributed by atoms with Crippen molar-refractivity contribution in [2.45, 2.75) is 51.9 Å². The fourth-order valence-electron chi connectivity index (χ4n) is 3.16. The monoisotopic (exact) mass is 350 g/mol. The van der Waals surface area contributed by atoms with Gasteiger partial charge in [0.2, 0.25) is 11.8 Å². The third kappa shape index (κ3) is 5.82. The fraction of sp³-hybridized carbons (Fsp3) is 0.579. The molecule has 0 spiro atoms. The molecule has 5 heteroatoms. The summed E-state index contributed by atoms with van der Waals surface area (Å²) in [6, 6.07) is 7.17. The Morgan fingerprint density at radius 3 is 2.38 bits per heavy atom. The van der Waals surface area contributed by atoms with E-state index in [9.17, 15) is 9.59 Å². The summed E-state index contributed by atoms with van der Waals surface area (Å²) in [5, 5.41) is 6.55. The Kier molecular flexibility index (Phi) is 7.57. The molecule has 0 bridgehead atoms. The molecule has 1 saturated carbocycles. The second kappa shape index (κ2) is 9.67. The lowest BCUT2D eigenvalue weighted by molar-refractivity contribution is -0.128. The quantitative estimate of drug-likeness (QED) is 0.716. The number of unbranched alkanes of at least 4 members (excludes halogenated alkanes) is 2. The van der Waals surface area contributed by atoms with Crippen molar-refractivity contribution in [2.75, 3.05) is 11.9 Å². The third-order valence-electron chi connectivity index (χ3n) is 4.64. The van der Waals surface area contributed by atoms with Crippen molar-refractivity contribution < 1.29 is 9.59 Å². The van der Waals surface area contributed by atoms with Crippen molar-refractivity contribution in [3.8, 4) is 0 Å². The number of anilines is 1. The minimum absolute atomic E-state index is 0.0203. The predicted octanol–water partition coefficient (Wildman–Crippen LogP) is 4.39. The van der Waals surface area contributed by atoms with Gasteiger partial charge in [0.25, 0.3) is 0 Å². The number of nitrogens with one attached hydrogen (secondary N) is 2. The van der Waals surface area contributed by atoms with E-state index in [1.54, 1.807) is 12.1 Å². The molecule has 1 aliphatic rings. The maximum absolute atomic E-state index is 12.3. The zero-order valence-electron chi connectivity index (χ0n) is 14.3. The average molecular weight is 351 g/mol. The Labute approximate surface area is 149 Å². The maximum atomic E-state index is 12.3. The molecule has 2 rings (SSSR count). The number of benzene rings is 1. The van der Waals surface area contributed by atoms with Crippen LogP contribution in [0.15, 0.2) is 24.3 Å². The molecule has 0 heterocycles. The molecule has 2 amide bonds. The highest BCUT2D eigenvalue weighted by molar-refractivity contribution is 6.30. The standard InChI is InChI=1S/C19H27ClN2O2/c1-2-3-4-12-21-18(23)14-8-10-15(11-9-14)19(24)22-17-7-5-6-16(20)13-17/h5-7,13-15H,2-4,8-12H2,1H3,(H,21,23)(H,22,24). The molecule has 1 aliphatic carbocycles. The van der Waals surface area contributed by atoms with Gasteiger partial charge >= 0.3 is 0 Å². The number of carbonyl (C=O) groups excluding carboxylic acids is 2. The number of carbonyl (C=O) groups is 2. The van der Waals surface area contributed by atoms with Gasteiger partial charge in [0, 0.05) is 29.1 Å². The first-order valence-corrected chi connectivity index (χ1v) is 9.32. The van der Waals surface area contributed by atoms with Crippen LogP contribution in [0.1, 0.15) is 51.9 Å². The Morgan fingerprint density at radius 1 is 1.08 bits per heavy atom. The lowest BCUT2D eigenvalue weighted by Crippen LogP contribution is -2.35. The average Bonchev–Trinajstić information content (AvgIpc) is 2.58. The summed E-state index contributed by atoms with van der Waals surface area (Å²) in [6.07, 6.45) is 6.44. The highest BCUT2D eigenvalue weighted by atomic mass is 35.5. The first kappa shape index (κ1) is 18.8. The van der Waals surface area contributed by atoms with Gasteiger partial charge in [-0.3, -0.25) is 9.59 Å². The Hall–Kier alpha value is -1.55. The Bertz CT molecular complexity index is 554. The van der Waals surface area contributed by atoms with Crippen molar-refractivity contribution in [3.63, 3.8) is 0 Å². The van der Waals surface area contributed by atoms with E-state index in [0.29, 0.717) is 5.02 Å². The topological polar surface area (TPSA) is 58.2 Å². The molecule has 0 saturated heterocycles. The van der Waals surface area contributed by atoms with E-state index < -0.39 is 0 Å². The van der Waals surface area contributed by atoms with Crippen LogP contribution in [0.3, 0.4) is 0 Å². The third-order valence-corrected chi connectivity index (χ3v) is 4.88. The molecule has 2 N–H and O–H groups in total. The van der Waals surface area contributed by atoms with Crippen molar-refractivity contribution in [3.05, 3.63) is 29.3 Å². The van der Waals surface area contributed by atoms with Gasteiger partial charge in [-0.15, -0.1) is 0 Å². The molecule has 0 aromatic heterocycles. The molecule has 4 nitrogen and oxygen atoms in total. The normalized spacial score (nSPS) is 20.4. The summed E-state index contributed by atoms with van der Waals surface area (Å²) in [4.78, 5) is 24.5. The highest BCUT2D eigenvalue weighted by Gasteiger charge is 2.29. The minimum atomic E-state index is -0.0203. The van der Waals surface area contributed by atoms with Crippen LogP contribution in [0.4, 0.5) is 5.69 Å². The lowest BCUT2D eigenvalue weighted by atomic mass is 9.81. The molecule has 1 aromatic carbocycles. The smallest absolute Gasteiger partial charge is 0.227 e. The zero-order valence-corrected chi connectivity index (χ0v) is 15.1. The van der Waals surface area contributed by atoms with Crippen LogP contribution >= 0.6 is 11.6 Å². The zero-order chi connectivity index (χ0) is 17.4. The van der Waals surface area contributed by atoms with Crippen molar-refractivity contribution in [2.24, 2.45) is 11.8 Å². The van der Waals surface area contributed by atoms with Crippen LogP contribution < -0.4 is 10.6 Å². The molecule has 1 fully saturated rings. The summed E-state index contributed by atoms with van der Waals surface area (Å²) in [5.41, 5.74) is 0.725. The van der Waals surface area contributed by atoms with Gasteiger partial charge < -0.3 is 10.6 Å². The Balaban J connectivity index is 1.73. The second-order valence-corrected chi connectivity index (χ2v) is 6.98. The van der Waals surface area contributed by atoms with Crippen LogP contribution in [-0.4, -0.2) is 18.4 Å². The summed E-state index contributed by atoms with van der Waals surface area (Å²) in [7, 11) is 0. The molecule has 132 valence electrons. The van der Waals surface area contributed by atoms with Crippen molar-refractivity contribution in [1.29, 1.82) is 0 Å². The molecular weight excluding hydrogens is 324 g/mol. The first-order chi connectivity index (χ1) is 11.6. The largest absolute Gasteiger partial charge is 0.356 e. The molecular formula is C19H27ClN2O2. The van der Waals surface area contributed by atoms with Crippen LogP contribution in [0.25, 0.3) is 0 Å². The van der Waals surface area contributed by atoms with Gasteiger partial charge in [-0.25, -0.2) is 0 Å². The van der Waals surface area contributed by atoms with Crippen LogP contribution in [0, 0.1) is 11.8 Å². The first-order valence-electron chi connectivity index (χ1n) is 8.94. The number of amides is 2. The van der Waals surface area contributed by atoms with Gasteiger partial charge in [0.15, 0.2) is 0 Å². The summed E-state index contributed by atoms with van der Waals surface area (Å²) >= 11 is 5.93. The molecule has 1 aromatic rings. The van der Waals surface area contributed by atoms with E-state index in [-0.39, 0.29) is 23.7 Å². The number of rotatable bonds is 7. The van der Waals surface area contributed by atoms with Crippen molar-refractivity contribution >= 4 is 29.1 Å². The molecule has 0 unspecified atom stereocenters. The number of hydrogen-bond donors (Lipinski definition) is 2. The molecule has 0 radical (unpaired) electrons. The number of halogens is 1. The highest BCUT2D eigenvalue weighted by Crippen LogP contribution is 2.30. The molecule has 0 aliphatic heterocycles. The SMILES string of the molecule is CCCCCNC(=O)C1CCC(C(=O)Nc2cccc(Cl)c2)CC1. The van der Waals surface area contributed by atoms with Gasteiger partial charge in [-0.05, 0) is 50.3 Å². The minimum Gasteiger partial charge on any atom is -0.356 e. The van der Waals surface area contributed by atoms with E-state index in [1.807, 2.05) is 12.1 Å². The Morgan fingerprint density at radius 2 is 1.75 bits per heavy atom. The van der Waals surface area contributed by atoms with E-state index in [0.717, 1.165) is 57.2 Å². The van der Waals surface area contributed by atoms with Crippen LogP contribution in [0.5, 0.6) is 0 Å². The summed E-state index contributed by atoms with van der Waals surface area (Å²) < 4.78 is 0. The summed E-state index contributed by atoms with van der Waals surface area (Å²) in [6.45, 7) is 2.92. The van der Waals surface area contributed by atoms with Crippen LogP contribution in [0.2, 0.25) is 5.02 Å². The fourth-order valence-corrected chi connectivity index (χ4v) is 3.35. The van der Waals surface area contributed by atoms with Gasteiger partial charge in [0.05, 0.1) is 0 Å². The van der Waals surface area contributed by atoms with E-state index >= 15 is 0 Å². The van der Waals surface area contributed by atoms with E-state index in [2.05, 4.69) is 17.6 Å². The predicted molar refractivity (Wildman–Crippen MR) is 98.1 cm³/mol. The number of hydrogen-bond acceptors (Lipinski definition) is 2. The molecule has 0 atom stereocenters. The van der Waals surface area contributed by atoms with Gasteiger partial charge in [-0.1, -0.05) is 37.4 Å². The second-order valence-electron chi connectivity index (χ2n) is 6.55. The molecule has 24 heavy (non-hydrogen) atoms. The van der Waals surface area contributed by atoms with Crippen molar-refractivity contribution in [1.82, 2.24) is 5.32 Å². The van der Waals surface area contributed by atoms with Gasteiger partial charge in [-0.2, -0.15) is 0 Å².